The molecule has 2 aromatic rings. The molecule has 2 rings (SSSR count). The zero-order chi connectivity index (χ0) is 14.5. The summed E-state index contributed by atoms with van der Waals surface area (Å²) < 4.78 is 23.9. The number of ether oxygens (including phenoxy) is 2. The summed E-state index contributed by atoms with van der Waals surface area (Å²) in [5, 5.41) is 8.73. The third-order valence-electron chi connectivity index (χ3n) is 2.55. The van der Waals surface area contributed by atoms with Crippen molar-refractivity contribution in [3.05, 3.63) is 54.3 Å². The summed E-state index contributed by atoms with van der Waals surface area (Å²) in [6, 6.07) is 12.4. The van der Waals surface area contributed by atoms with Crippen LogP contribution in [0.15, 0.2) is 48.5 Å². The van der Waals surface area contributed by atoms with E-state index in [1.54, 1.807) is 36.4 Å². The predicted octanol–water partition coefficient (Wildman–Crippen LogP) is 3.63. The van der Waals surface area contributed by atoms with Crippen LogP contribution in [0.5, 0.6) is 17.2 Å². The van der Waals surface area contributed by atoms with E-state index in [1.807, 2.05) is 0 Å². The van der Waals surface area contributed by atoms with Crippen molar-refractivity contribution in [1.82, 2.24) is 6.15 Å². The predicted molar refractivity (Wildman–Crippen MR) is 75.7 cm³/mol. The van der Waals surface area contributed by atoms with E-state index < -0.39 is 17.9 Å². The number of hydrogen-bond acceptors (Lipinski definition) is 4. The smallest absolute Gasteiger partial charge is 0.344 e. The first-order chi connectivity index (χ1) is 9.56. The maximum atomic E-state index is 13.4. The van der Waals surface area contributed by atoms with Crippen molar-refractivity contribution in [2.45, 2.75) is 13.0 Å². The highest BCUT2D eigenvalue weighted by Gasteiger charge is 2.12. The third-order valence-corrected chi connectivity index (χ3v) is 2.55. The van der Waals surface area contributed by atoms with Crippen molar-refractivity contribution in [3.8, 4) is 17.2 Å². The molecule has 0 fully saturated rings. The van der Waals surface area contributed by atoms with E-state index >= 15 is 0 Å². The molecule has 0 aliphatic heterocycles. The Morgan fingerprint density at radius 3 is 2.24 bits per heavy atom. The van der Waals surface area contributed by atoms with Crippen LogP contribution in [-0.2, 0) is 4.79 Å². The minimum Gasteiger partial charge on any atom is -0.479 e. The summed E-state index contributed by atoms with van der Waals surface area (Å²) in [7, 11) is 0. The molecule has 0 bridgehead atoms. The van der Waals surface area contributed by atoms with Crippen LogP contribution in [0.3, 0.4) is 0 Å². The zero-order valence-corrected chi connectivity index (χ0v) is 11.5. The normalized spacial score (nSPS) is 11.1. The van der Waals surface area contributed by atoms with Gasteiger partial charge >= 0.3 is 5.97 Å². The molecule has 0 heterocycles. The molecule has 0 aromatic heterocycles. The van der Waals surface area contributed by atoms with Crippen LogP contribution in [0.2, 0.25) is 0 Å². The van der Waals surface area contributed by atoms with Gasteiger partial charge in [-0.25, -0.2) is 9.18 Å². The lowest BCUT2D eigenvalue weighted by atomic mass is 10.3. The second-order valence-electron chi connectivity index (χ2n) is 4.10. The van der Waals surface area contributed by atoms with E-state index in [0.29, 0.717) is 11.5 Å². The molecule has 21 heavy (non-hydrogen) atoms. The van der Waals surface area contributed by atoms with Crippen LogP contribution in [-0.4, -0.2) is 17.2 Å². The van der Waals surface area contributed by atoms with Crippen LogP contribution in [0.1, 0.15) is 6.92 Å². The van der Waals surface area contributed by atoms with E-state index in [-0.39, 0.29) is 11.9 Å². The molecule has 0 amide bonds. The van der Waals surface area contributed by atoms with Gasteiger partial charge in [0.25, 0.3) is 0 Å². The number of aliphatic carboxylic acids is 1. The van der Waals surface area contributed by atoms with Gasteiger partial charge in [-0.05, 0) is 43.3 Å². The summed E-state index contributed by atoms with van der Waals surface area (Å²) in [5.74, 6) is -0.532. The first-order valence-electron chi connectivity index (χ1n) is 5.98. The van der Waals surface area contributed by atoms with Gasteiger partial charge in [0.05, 0.1) is 0 Å². The van der Waals surface area contributed by atoms with Gasteiger partial charge in [0, 0.05) is 0 Å². The number of hydrogen-bond donors (Lipinski definition) is 2. The molecular formula is C15H16FNO4. The van der Waals surface area contributed by atoms with Crippen LogP contribution >= 0.6 is 0 Å². The zero-order valence-electron chi connectivity index (χ0n) is 11.5. The maximum absolute atomic E-state index is 13.4. The highest BCUT2D eigenvalue weighted by Crippen LogP contribution is 2.26. The molecule has 0 spiro atoms. The van der Waals surface area contributed by atoms with Gasteiger partial charge in [-0.3, -0.25) is 0 Å². The van der Waals surface area contributed by atoms with E-state index in [9.17, 15) is 9.18 Å². The molecule has 6 heteroatoms. The summed E-state index contributed by atoms with van der Waals surface area (Å²) in [4.78, 5) is 10.7. The Kier molecular flexibility index (Phi) is 5.68. The van der Waals surface area contributed by atoms with Crippen molar-refractivity contribution in [3.63, 3.8) is 0 Å². The highest BCUT2D eigenvalue weighted by molar-refractivity contribution is 5.72. The second-order valence-corrected chi connectivity index (χ2v) is 4.10. The van der Waals surface area contributed by atoms with Crippen LogP contribution < -0.4 is 15.6 Å². The summed E-state index contributed by atoms with van der Waals surface area (Å²) in [6.45, 7) is 1.44. The van der Waals surface area contributed by atoms with Crippen LogP contribution in [0, 0.1) is 5.82 Å². The largest absolute Gasteiger partial charge is 0.479 e. The van der Waals surface area contributed by atoms with Crippen molar-refractivity contribution in [2.24, 2.45) is 0 Å². The minimum absolute atomic E-state index is 0. The lowest BCUT2D eigenvalue weighted by Gasteiger charge is -2.11. The van der Waals surface area contributed by atoms with Crippen molar-refractivity contribution in [1.29, 1.82) is 0 Å². The minimum atomic E-state index is -1.04. The SMILES string of the molecule is C[C@@H](Oc1ccc(Oc2ccccc2F)cc1)C(=O)O.N. The van der Waals surface area contributed by atoms with Gasteiger partial charge < -0.3 is 20.7 Å². The number of carboxylic acids is 1. The van der Waals surface area contributed by atoms with Gasteiger partial charge in [0.15, 0.2) is 17.7 Å². The highest BCUT2D eigenvalue weighted by atomic mass is 19.1. The first-order valence-corrected chi connectivity index (χ1v) is 5.98. The molecule has 0 radical (unpaired) electrons. The molecule has 2 aromatic carbocycles. The number of benzene rings is 2. The second kappa shape index (κ2) is 7.25. The topological polar surface area (TPSA) is 90.8 Å². The van der Waals surface area contributed by atoms with Crippen molar-refractivity contribution >= 4 is 5.97 Å². The molecule has 0 aliphatic rings. The van der Waals surface area contributed by atoms with Gasteiger partial charge in [0.2, 0.25) is 0 Å². The van der Waals surface area contributed by atoms with Gasteiger partial charge in [-0.2, -0.15) is 0 Å². The third kappa shape index (κ3) is 4.47. The monoisotopic (exact) mass is 293 g/mol. The molecule has 0 aliphatic carbocycles. The Labute approximate surface area is 121 Å². The summed E-state index contributed by atoms with van der Waals surface area (Å²) >= 11 is 0. The Balaban J connectivity index is 0.00000220. The fourth-order valence-electron chi connectivity index (χ4n) is 1.50. The Hall–Kier alpha value is -2.60. The number of carbonyl (C=O) groups is 1. The lowest BCUT2D eigenvalue weighted by molar-refractivity contribution is -0.144. The van der Waals surface area contributed by atoms with E-state index in [2.05, 4.69) is 0 Å². The van der Waals surface area contributed by atoms with Crippen molar-refractivity contribution < 1.29 is 23.8 Å². The molecule has 112 valence electrons. The average Bonchev–Trinajstić information content (AvgIpc) is 2.43. The molecule has 4 N–H and O–H groups in total. The van der Waals surface area contributed by atoms with Gasteiger partial charge in [0.1, 0.15) is 11.5 Å². The maximum Gasteiger partial charge on any atom is 0.344 e. The van der Waals surface area contributed by atoms with Gasteiger partial charge in [-0.1, -0.05) is 12.1 Å². The Morgan fingerprint density at radius 1 is 1.10 bits per heavy atom. The summed E-state index contributed by atoms with van der Waals surface area (Å²) in [6.07, 6.45) is -0.937. The molecule has 0 saturated carbocycles. The van der Waals surface area contributed by atoms with E-state index in [0.717, 1.165) is 0 Å². The van der Waals surface area contributed by atoms with Crippen LogP contribution in [0.25, 0.3) is 0 Å². The fraction of sp³-hybridized carbons (Fsp3) is 0.133. The van der Waals surface area contributed by atoms with Crippen LogP contribution in [0.4, 0.5) is 4.39 Å². The fourth-order valence-corrected chi connectivity index (χ4v) is 1.50. The quantitative estimate of drug-likeness (QED) is 0.878. The number of rotatable bonds is 5. The first kappa shape index (κ1) is 16.5. The summed E-state index contributed by atoms with van der Waals surface area (Å²) in [5.41, 5.74) is 0. The lowest BCUT2D eigenvalue weighted by Crippen LogP contribution is -2.22. The molecule has 0 unspecified atom stereocenters. The number of para-hydroxylation sites is 1. The van der Waals surface area contributed by atoms with Gasteiger partial charge in [-0.15, -0.1) is 0 Å². The van der Waals surface area contributed by atoms with E-state index in [1.165, 1.54) is 19.1 Å². The standard InChI is InChI=1S/C15H13FO4.H3N/c1-10(15(17)18)19-11-6-8-12(9-7-11)20-14-5-3-2-4-13(14)16;/h2-10H,1H3,(H,17,18);1H3/t10-;/m1./s1. The number of halogens is 1. The number of carboxylic acid groups (broad SMARTS) is 1. The Morgan fingerprint density at radius 2 is 1.67 bits per heavy atom. The van der Waals surface area contributed by atoms with Crippen molar-refractivity contribution in [2.75, 3.05) is 0 Å². The molecule has 1 atom stereocenters. The van der Waals surface area contributed by atoms with E-state index in [4.69, 9.17) is 14.6 Å². The molecule has 0 saturated heterocycles. The Bertz CT molecular complexity index is 601. The molecular weight excluding hydrogens is 277 g/mol. The molecule has 5 nitrogen and oxygen atoms in total. The average molecular weight is 293 g/mol.